The van der Waals surface area contributed by atoms with Gasteiger partial charge in [0.25, 0.3) is 0 Å². The van der Waals surface area contributed by atoms with Gasteiger partial charge in [-0.15, -0.1) is 0 Å². The summed E-state index contributed by atoms with van der Waals surface area (Å²) in [5.74, 6) is -0.160. The lowest BCUT2D eigenvalue weighted by Gasteiger charge is -2.23. The van der Waals surface area contributed by atoms with Crippen molar-refractivity contribution in [1.29, 1.82) is 0 Å². The molecule has 3 N–H and O–H groups in total. The molecule has 0 radical (unpaired) electrons. The summed E-state index contributed by atoms with van der Waals surface area (Å²) in [4.78, 5) is 0.109. The van der Waals surface area contributed by atoms with Crippen LogP contribution in [0.3, 0.4) is 0 Å². The second-order valence-electron chi connectivity index (χ2n) is 5.87. The van der Waals surface area contributed by atoms with Crippen LogP contribution in [0, 0.1) is 0 Å². The molecular weight excluding hydrogens is 312 g/mol. The summed E-state index contributed by atoms with van der Waals surface area (Å²) in [5.41, 5.74) is 5.61. The monoisotopic (exact) mass is 332 g/mol. The molecule has 21 heavy (non-hydrogen) atoms. The standard InChI is InChI=1S/C13H20N2O4S2/c1-10(14)11-3-5-12(6-4-11)21(18,19)15-13(2)7-8-20(16,17)9-13/h3-6,10,15H,7-9,14H2,1-2H3. The summed E-state index contributed by atoms with van der Waals surface area (Å²) in [6, 6.07) is 6.11. The first-order valence-corrected chi connectivity index (χ1v) is 9.93. The fourth-order valence-corrected chi connectivity index (χ4v) is 6.04. The number of sulfonamides is 1. The molecule has 1 saturated heterocycles. The molecule has 6 nitrogen and oxygen atoms in total. The number of hydrogen-bond acceptors (Lipinski definition) is 5. The van der Waals surface area contributed by atoms with Gasteiger partial charge in [-0.2, -0.15) is 0 Å². The van der Waals surface area contributed by atoms with Crippen LogP contribution in [0.1, 0.15) is 31.9 Å². The van der Waals surface area contributed by atoms with Gasteiger partial charge >= 0.3 is 0 Å². The Hall–Kier alpha value is -0.960. The highest BCUT2D eigenvalue weighted by Crippen LogP contribution is 2.25. The van der Waals surface area contributed by atoms with Crippen LogP contribution in [-0.2, 0) is 19.9 Å². The first-order valence-electron chi connectivity index (χ1n) is 6.63. The Bertz CT molecular complexity index is 724. The molecule has 1 aliphatic heterocycles. The highest BCUT2D eigenvalue weighted by molar-refractivity contribution is 7.92. The Labute approximate surface area is 125 Å². The van der Waals surface area contributed by atoms with E-state index < -0.39 is 25.4 Å². The smallest absolute Gasteiger partial charge is 0.241 e. The van der Waals surface area contributed by atoms with E-state index in [1.54, 1.807) is 19.1 Å². The number of rotatable bonds is 4. The number of sulfone groups is 1. The summed E-state index contributed by atoms with van der Waals surface area (Å²) in [6.45, 7) is 3.43. The van der Waals surface area contributed by atoms with Crippen molar-refractivity contribution in [3.8, 4) is 0 Å². The van der Waals surface area contributed by atoms with Crippen molar-refractivity contribution in [2.24, 2.45) is 5.73 Å². The maximum atomic E-state index is 12.3. The topological polar surface area (TPSA) is 106 Å². The second kappa shape index (κ2) is 5.35. The molecule has 0 aliphatic carbocycles. The quantitative estimate of drug-likeness (QED) is 0.838. The number of hydrogen-bond donors (Lipinski definition) is 2. The molecule has 0 aromatic heterocycles. The minimum Gasteiger partial charge on any atom is -0.324 e. The van der Waals surface area contributed by atoms with E-state index in [0.29, 0.717) is 0 Å². The summed E-state index contributed by atoms with van der Waals surface area (Å²) in [5, 5.41) is 0. The summed E-state index contributed by atoms with van der Waals surface area (Å²) in [7, 11) is -6.92. The largest absolute Gasteiger partial charge is 0.324 e. The average Bonchev–Trinajstić information content (AvgIpc) is 2.62. The van der Waals surface area contributed by atoms with Crippen molar-refractivity contribution in [3.05, 3.63) is 29.8 Å². The van der Waals surface area contributed by atoms with Crippen molar-refractivity contribution in [2.75, 3.05) is 11.5 Å². The second-order valence-corrected chi connectivity index (χ2v) is 9.73. The van der Waals surface area contributed by atoms with Crippen molar-refractivity contribution < 1.29 is 16.8 Å². The van der Waals surface area contributed by atoms with E-state index in [-0.39, 0.29) is 28.9 Å². The Morgan fingerprint density at radius 3 is 2.29 bits per heavy atom. The predicted octanol–water partition coefficient (Wildman–Crippen LogP) is 0.562. The van der Waals surface area contributed by atoms with Crippen LogP contribution in [0.4, 0.5) is 0 Å². The minimum absolute atomic E-state index is 0.00957. The summed E-state index contributed by atoms with van der Waals surface area (Å²) in [6.07, 6.45) is 0.284. The van der Waals surface area contributed by atoms with Crippen LogP contribution in [0.25, 0.3) is 0 Å². The third kappa shape index (κ3) is 3.82. The Balaban J connectivity index is 2.23. The Kier molecular flexibility index (Phi) is 4.18. The molecule has 118 valence electrons. The highest BCUT2D eigenvalue weighted by Gasteiger charge is 2.41. The lowest BCUT2D eigenvalue weighted by molar-refractivity contribution is 0.462. The van der Waals surface area contributed by atoms with Gasteiger partial charge < -0.3 is 5.73 Å². The molecule has 0 saturated carbocycles. The highest BCUT2D eigenvalue weighted by atomic mass is 32.2. The lowest BCUT2D eigenvalue weighted by atomic mass is 10.0. The van der Waals surface area contributed by atoms with Crippen molar-refractivity contribution in [2.45, 2.75) is 36.7 Å². The first kappa shape index (κ1) is 16.4. The Morgan fingerprint density at radius 1 is 1.29 bits per heavy atom. The molecule has 0 spiro atoms. The van der Waals surface area contributed by atoms with Crippen molar-refractivity contribution in [1.82, 2.24) is 4.72 Å². The van der Waals surface area contributed by atoms with Crippen LogP contribution in [0.2, 0.25) is 0 Å². The van der Waals surface area contributed by atoms with Crippen LogP contribution in [-0.4, -0.2) is 33.9 Å². The molecule has 1 aromatic rings. The minimum atomic E-state index is -3.75. The van der Waals surface area contributed by atoms with Crippen molar-refractivity contribution in [3.63, 3.8) is 0 Å². The van der Waals surface area contributed by atoms with Gasteiger partial charge in [0.15, 0.2) is 9.84 Å². The Morgan fingerprint density at radius 2 is 1.86 bits per heavy atom. The molecule has 1 fully saturated rings. The van der Waals surface area contributed by atoms with Gasteiger partial charge in [0.05, 0.1) is 16.4 Å². The zero-order valence-electron chi connectivity index (χ0n) is 12.0. The molecule has 8 heteroatoms. The first-order chi connectivity index (χ1) is 9.53. The molecule has 2 rings (SSSR count). The van der Waals surface area contributed by atoms with Crippen molar-refractivity contribution >= 4 is 19.9 Å². The van der Waals surface area contributed by atoms with Gasteiger partial charge in [-0.25, -0.2) is 21.6 Å². The van der Waals surface area contributed by atoms with Gasteiger partial charge in [-0.1, -0.05) is 12.1 Å². The molecule has 1 aliphatic rings. The maximum Gasteiger partial charge on any atom is 0.241 e. The lowest BCUT2D eigenvalue weighted by Crippen LogP contribution is -2.46. The van der Waals surface area contributed by atoms with E-state index >= 15 is 0 Å². The van der Waals surface area contributed by atoms with E-state index in [1.807, 2.05) is 6.92 Å². The zero-order valence-corrected chi connectivity index (χ0v) is 13.7. The van der Waals surface area contributed by atoms with Gasteiger partial charge in [-0.05, 0) is 38.0 Å². The van der Waals surface area contributed by atoms with Crippen LogP contribution < -0.4 is 10.5 Å². The fraction of sp³-hybridized carbons (Fsp3) is 0.538. The van der Waals surface area contributed by atoms with E-state index in [0.717, 1.165) is 5.56 Å². The van der Waals surface area contributed by atoms with Crippen LogP contribution in [0.15, 0.2) is 29.2 Å². The normalized spacial score (nSPS) is 26.6. The molecule has 1 heterocycles. The van der Waals surface area contributed by atoms with Gasteiger partial charge in [0, 0.05) is 11.6 Å². The van der Waals surface area contributed by atoms with Crippen LogP contribution >= 0.6 is 0 Å². The third-order valence-electron chi connectivity index (χ3n) is 3.60. The van der Waals surface area contributed by atoms with Gasteiger partial charge in [0.2, 0.25) is 10.0 Å². The summed E-state index contributed by atoms with van der Waals surface area (Å²) >= 11 is 0. The number of benzene rings is 1. The molecule has 0 bridgehead atoms. The molecular formula is C13H20N2O4S2. The maximum absolute atomic E-state index is 12.3. The van der Waals surface area contributed by atoms with E-state index in [9.17, 15) is 16.8 Å². The molecule has 2 atom stereocenters. The van der Waals surface area contributed by atoms with Gasteiger partial charge in [-0.3, -0.25) is 0 Å². The van der Waals surface area contributed by atoms with E-state index in [1.165, 1.54) is 12.1 Å². The number of nitrogens with two attached hydrogens (primary N) is 1. The van der Waals surface area contributed by atoms with E-state index in [2.05, 4.69) is 4.72 Å². The summed E-state index contributed by atoms with van der Waals surface area (Å²) < 4.78 is 50.3. The predicted molar refractivity (Wildman–Crippen MR) is 81.0 cm³/mol. The third-order valence-corrected chi connectivity index (χ3v) is 7.16. The average molecular weight is 332 g/mol. The molecule has 2 unspecified atom stereocenters. The number of nitrogens with one attached hydrogen (secondary N) is 1. The van der Waals surface area contributed by atoms with Crippen LogP contribution in [0.5, 0.6) is 0 Å². The fourth-order valence-electron chi connectivity index (χ4n) is 2.42. The SMILES string of the molecule is CC(N)c1ccc(S(=O)(=O)NC2(C)CCS(=O)(=O)C2)cc1. The molecule has 0 amide bonds. The van der Waals surface area contributed by atoms with E-state index in [4.69, 9.17) is 5.73 Å². The zero-order chi connectivity index (χ0) is 15.9. The molecule has 1 aromatic carbocycles. The van der Waals surface area contributed by atoms with Gasteiger partial charge in [0.1, 0.15) is 0 Å².